The van der Waals surface area contributed by atoms with Gasteiger partial charge in [-0.05, 0) is 80.0 Å². The summed E-state index contributed by atoms with van der Waals surface area (Å²) in [6.45, 7) is 6.83. The summed E-state index contributed by atoms with van der Waals surface area (Å²) in [7, 11) is 0. The van der Waals surface area contributed by atoms with E-state index >= 15 is 0 Å². The number of carboxylic acid groups (broad SMARTS) is 1. The van der Waals surface area contributed by atoms with Gasteiger partial charge in [0.15, 0.2) is 0 Å². The van der Waals surface area contributed by atoms with Gasteiger partial charge in [0.2, 0.25) is 0 Å². The molecule has 0 bridgehead atoms. The van der Waals surface area contributed by atoms with Gasteiger partial charge < -0.3 is 15.2 Å². The molecule has 3 heterocycles. The van der Waals surface area contributed by atoms with Crippen LogP contribution < -0.4 is 10.1 Å². The van der Waals surface area contributed by atoms with Gasteiger partial charge in [0.05, 0.1) is 32.6 Å². The Morgan fingerprint density at radius 3 is 2.85 bits per heavy atom. The van der Waals surface area contributed by atoms with E-state index in [0.29, 0.717) is 29.0 Å². The molecule has 3 aromatic heterocycles. The molecule has 0 saturated heterocycles. The predicted octanol–water partition coefficient (Wildman–Crippen LogP) is 6.92. The van der Waals surface area contributed by atoms with Crippen molar-refractivity contribution in [3.05, 3.63) is 57.7 Å². The van der Waals surface area contributed by atoms with E-state index in [1.54, 1.807) is 0 Å². The summed E-state index contributed by atoms with van der Waals surface area (Å²) in [5.74, 6) is 0.910. The van der Waals surface area contributed by atoms with Crippen LogP contribution in [0.3, 0.4) is 0 Å². The van der Waals surface area contributed by atoms with E-state index < -0.39 is 5.97 Å². The van der Waals surface area contributed by atoms with Gasteiger partial charge in [0.25, 0.3) is 0 Å². The molecule has 1 aliphatic carbocycles. The first-order chi connectivity index (χ1) is 16.3. The van der Waals surface area contributed by atoms with Crippen LogP contribution in [0.4, 0.5) is 5.82 Å². The normalized spacial score (nSPS) is 18.1. The number of aromatic nitrogens is 2. The van der Waals surface area contributed by atoms with Crippen molar-refractivity contribution in [2.45, 2.75) is 65.0 Å². The highest BCUT2D eigenvalue weighted by Gasteiger charge is 2.28. The number of nitrogens with one attached hydrogen (secondary N) is 1. The molecule has 4 rings (SSSR count). The number of rotatable bonds is 8. The zero-order valence-corrected chi connectivity index (χ0v) is 21.2. The van der Waals surface area contributed by atoms with Crippen LogP contribution in [0.2, 0.25) is 4.34 Å². The fraction of sp³-hybridized carbons (Fsp3) is 0.423. The van der Waals surface area contributed by atoms with E-state index in [4.69, 9.17) is 21.3 Å². The molecule has 6 nitrogen and oxygen atoms in total. The summed E-state index contributed by atoms with van der Waals surface area (Å²) in [6.07, 6.45) is 4.73. The quantitative estimate of drug-likeness (QED) is 0.349. The Hall–Kier alpha value is -2.64. The van der Waals surface area contributed by atoms with E-state index in [1.807, 2.05) is 37.4 Å². The SMILES string of the molecule is Cc1nc(-c2sc(Cl)cc2CNc2cc(C(C)C)ccn2)ccc1O[C@H]1CCC[C@H](C(=O)O)C1. The van der Waals surface area contributed by atoms with Gasteiger partial charge in [-0.3, -0.25) is 4.79 Å². The average Bonchev–Trinajstić information content (AvgIpc) is 3.20. The number of carbonyl (C=O) groups is 1. The summed E-state index contributed by atoms with van der Waals surface area (Å²) >= 11 is 7.88. The Kier molecular flexibility index (Phi) is 7.73. The highest BCUT2D eigenvalue weighted by Crippen LogP contribution is 2.37. The molecule has 1 aliphatic rings. The van der Waals surface area contributed by atoms with Crippen LogP contribution in [0.5, 0.6) is 5.75 Å². The van der Waals surface area contributed by atoms with E-state index in [1.165, 1.54) is 16.9 Å². The van der Waals surface area contributed by atoms with Crippen LogP contribution in [0.1, 0.15) is 62.3 Å². The van der Waals surface area contributed by atoms with Crippen LogP contribution in [0, 0.1) is 12.8 Å². The molecule has 180 valence electrons. The average molecular weight is 500 g/mol. The molecule has 0 amide bonds. The maximum absolute atomic E-state index is 11.4. The van der Waals surface area contributed by atoms with Gasteiger partial charge in [-0.15, -0.1) is 11.3 Å². The number of hydrogen-bond acceptors (Lipinski definition) is 6. The van der Waals surface area contributed by atoms with Crippen molar-refractivity contribution < 1.29 is 14.6 Å². The molecule has 2 atom stereocenters. The lowest BCUT2D eigenvalue weighted by atomic mass is 9.87. The van der Waals surface area contributed by atoms with Crippen molar-refractivity contribution in [3.8, 4) is 16.3 Å². The maximum Gasteiger partial charge on any atom is 0.306 e. The summed E-state index contributed by atoms with van der Waals surface area (Å²) in [5, 5.41) is 12.7. The van der Waals surface area contributed by atoms with Crippen LogP contribution in [0.25, 0.3) is 10.6 Å². The Morgan fingerprint density at radius 1 is 1.29 bits per heavy atom. The molecule has 1 saturated carbocycles. The van der Waals surface area contributed by atoms with E-state index in [-0.39, 0.29) is 12.0 Å². The van der Waals surface area contributed by atoms with Gasteiger partial charge in [0.1, 0.15) is 11.6 Å². The predicted molar refractivity (Wildman–Crippen MR) is 137 cm³/mol. The minimum Gasteiger partial charge on any atom is -0.489 e. The third kappa shape index (κ3) is 5.88. The number of anilines is 1. The molecule has 0 aliphatic heterocycles. The van der Waals surface area contributed by atoms with Crippen LogP contribution in [-0.2, 0) is 11.3 Å². The molecule has 1 fully saturated rings. The molecular weight excluding hydrogens is 470 g/mol. The number of aliphatic carboxylic acids is 1. The molecule has 34 heavy (non-hydrogen) atoms. The molecule has 0 radical (unpaired) electrons. The number of aryl methyl sites for hydroxylation is 1. The number of halogens is 1. The first kappa shape index (κ1) is 24.5. The second kappa shape index (κ2) is 10.7. The summed E-state index contributed by atoms with van der Waals surface area (Å²) in [6, 6.07) is 9.96. The molecule has 8 heteroatoms. The van der Waals surface area contributed by atoms with Crippen molar-refractivity contribution in [1.82, 2.24) is 9.97 Å². The Labute approximate surface area is 209 Å². The monoisotopic (exact) mass is 499 g/mol. The fourth-order valence-electron chi connectivity index (χ4n) is 4.29. The lowest BCUT2D eigenvalue weighted by molar-refractivity contribution is -0.143. The van der Waals surface area contributed by atoms with Crippen molar-refractivity contribution in [2.24, 2.45) is 5.92 Å². The van der Waals surface area contributed by atoms with Crippen molar-refractivity contribution in [2.75, 3.05) is 5.32 Å². The molecule has 3 aromatic rings. The minimum absolute atomic E-state index is 0.0914. The standard InChI is InChI=1S/C26H30ClN3O3S/c1-15(2)17-9-10-28-24(13-17)29-14-19-12-23(27)34-25(19)21-7-8-22(16(3)30-21)33-20-6-4-5-18(11-20)26(31)32/h7-10,12-13,15,18,20H,4-6,11,14H2,1-3H3,(H,28,29)(H,31,32)/t18-,20-/m0/s1. The number of thiophene rings is 1. The minimum atomic E-state index is -0.736. The zero-order valence-electron chi connectivity index (χ0n) is 19.7. The largest absolute Gasteiger partial charge is 0.489 e. The first-order valence-electron chi connectivity index (χ1n) is 11.7. The molecule has 0 spiro atoms. The van der Waals surface area contributed by atoms with Crippen LogP contribution >= 0.6 is 22.9 Å². The third-order valence-corrected chi connectivity index (χ3v) is 7.56. The highest BCUT2D eigenvalue weighted by molar-refractivity contribution is 7.19. The number of carboxylic acids is 1. The molecule has 0 aromatic carbocycles. The summed E-state index contributed by atoms with van der Waals surface area (Å²) in [5.41, 5.74) is 3.92. The van der Waals surface area contributed by atoms with Gasteiger partial charge >= 0.3 is 5.97 Å². The number of hydrogen-bond donors (Lipinski definition) is 2. The summed E-state index contributed by atoms with van der Waals surface area (Å²) in [4.78, 5) is 21.6. The van der Waals surface area contributed by atoms with Gasteiger partial charge in [-0.1, -0.05) is 25.4 Å². The van der Waals surface area contributed by atoms with Crippen LogP contribution in [-0.4, -0.2) is 27.1 Å². The summed E-state index contributed by atoms with van der Waals surface area (Å²) < 4.78 is 6.87. The van der Waals surface area contributed by atoms with E-state index in [2.05, 4.69) is 30.2 Å². The smallest absolute Gasteiger partial charge is 0.306 e. The van der Waals surface area contributed by atoms with Crippen molar-refractivity contribution >= 4 is 34.7 Å². The number of nitrogens with zero attached hydrogens (tertiary/aromatic N) is 2. The highest BCUT2D eigenvalue weighted by atomic mass is 35.5. The van der Waals surface area contributed by atoms with E-state index in [0.717, 1.165) is 46.9 Å². The second-order valence-corrected chi connectivity index (χ2v) is 10.8. The van der Waals surface area contributed by atoms with Crippen molar-refractivity contribution in [3.63, 3.8) is 0 Å². The van der Waals surface area contributed by atoms with Crippen LogP contribution in [0.15, 0.2) is 36.5 Å². The third-order valence-electron chi connectivity index (χ3n) is 6.23. The zero-order chi connectivity index (χ0) is 24.2. The van der Waals surface area contributed by atoms with Crippen molar-refractivity contribution in [1.29, 1.82) is 0 Å². The lowest BCUT2D eigenvalue weighted by Crippen LogP contribution is -2.29. The second-order valence-electron chi connectivity index (χ2n) is 9.11. The molecule has 0 unspecified atom stereocenters. The molecular formula is C26H30ClN3O3S. The topological polar surface area (TPSA) is 84.3 Å². The molecule has 2 N–H and O–H groups in total. The Bertz CT molecular complexity index is 1160. The number of ether oxygens (including phenoxy) is 1. The lowest BCUT2D eigenvalue weighted by Gasteiger charge is -2.27. The Balaban J connectivity index is 1.48. The Morgan fingerprint density at radius 2 is 2.12 bits per heavy atom. The maximum atomic E-state index is 11.4. The number of pyridine rings is 2. The first-order valence-corrected chi connectivity index (χ1v) is 12.8. The fourth-order valence-corrected chi connectivity index (χ4v) is 5.53. The van der Waals surface area contributed by atoms with Gasteiger partial charge in [-0.25, -0.2) is 9.97 Å². The van der Waals surface area contributed by atoms with Gasteiger partial charge in [0, 0.05) is 12.7 Å². The van der Waals surface area contributed by atoms with Gasteiger partial charge in [-0.2, -0.15) is 0 Å². The van der Waals surface area contributed by atoms with E-state index in [9.17, 15) is 9.90 Å².